The fourth-order valence-electron chi connectivity index (χ4n) is 1.64. The lowest BCUT2D eigenvalue weighted by atomic mass is 10.2. The predicted octanol–water partition coefficient (Wildman–Crippen LogP) is 3.85. The van der Waals surface area contributed by atoms with Crippen LogP contribution in [-0.2, 0) is 4.79 Å². The van der Waals surface area contributed by atoms with E-state index < -0.39 is 0 Å². The van der Waals surface area contributed by atoms with Gasteiger partial charge in [-0.05, 0) is 42.8 Å². The van der Waals surface area contributed by atoms with Crippen LogP contribution in [0.15, 0.2) is 41.0 Å². The molecule has 0 saturated heterocycles. The number of nitrogens with zero attached hydrogens (tertiary/aromatic N) is 1. The van der Waals surface area contributed by atoms with Crippen LogP contribution in [0.3, 0.4) is 0 Å². The molecule has 1 aromatic heterocycles. The Morgan fingerprint density at radius 1 is 1.26 bits per heavy atom. The summed E-state index contributed by atoms with van der Waals surface area (Å²) in [4.78, 5) is 15.1. The number of carbonyl (C=O) groups is 1. The van der Waals surface area contributed by atoms with E-state index in [4.69, 9.17) is 0 Å². The van der Waals surface area contributed by atoms with Crippen molar-refractivity contribution in [2.75, 3.05) is 10.6 Å². The molecular weight excluding hydrogens is 306 g/mol. The number of benzene rings is 1. The molecule has 5 heteroatoms. The summed E-state index contributed by atoms with van der Waals surface area (Å²) in [6.45, 7) is 3.49. The number of aryl methyl sites for hydroxylation is 1. The normalized spacial score (nSPS) is 10.1. The van der Waals surface area contributed by atoms with Gasteiger partial charge in [-0.3, -0.25) is 4.79 Å². The highest BCUT2D eigenvalue weighted by Gasteiger charge is 2.01. The Bertz CT molecular complexity index is 596. The molecule has 1 heterocycles. The van der Waals surface area contributed by atoms with Crippen molar-refractivity contribution in [1.82, 2.24) is 4.98 Å². The van der Waals surface area contributed by atoms with Crippen molar-refractivity contribution in [3.8, 4) is 0 Å². The predicted molar refractivity (Wildman–Crippen MR) is 80.7 cm³/mol. The van der Waals surface area contributed by atoms with Gasteiger partial charge in [0.1, 0.15) is 5.82 Å². The highest BCUT2D eigenvalue weighted by molar-refractivity contribution is 9.10. The fraction of sp³-hybridized carbons (Fsp3) is 0.143. The van der Waals surface area contributed by atoms with Gasteiger partial charge in [0.25, 0.3) is 0 Å². The first-order valence-electron chi connectivity index (χ1n) is 5.81. The van der Waals surface area contributed by atoms with Crippen LogP contribution in [0.25, 0.3) is 0 Å². The van der Waals surface area contributed by atoms with Crippen molar-refractivity contribution in [2.45, 2.75) is 13.8 Å². The number of anilines is 3. The summed E-state index contributed by atoms with van der Waals surface area (Å²) in [7, 11) is 0. The zero-order chi connectivity index (χ0) is 13.8. The molecule has 0 radical (unpaired) electrons. The second-order valence-corrected chi connectivity index (χ2v) is 5.11. The maximum Gasteiger partial charge on any atom is 0.222 e. The maximum atomic E-state index is 10.9. The first-order chi connectivity index (χ1) is 9.04. The highest BCUT2D eigenvalue weighted by Crippen LogP contribution is 2.23. The molecule has 2 N–H and O–H groups in total. The minimum Gasteiger partial charge on any atom is -0.354 e. The molecule has 0 aliphatic rings. The largest absolute Gasteiger partial charge is 0.354 e. The third-order valence-corrected chi connectivity index (χ3v) is 3.03. The van der Waals surface area contributed by atoms with Crippen LogP contribution in [0.4, 0.5) is 17.2 Å². The van der Waals surface area contributed by atoms with Crippen molar-refractivity contribution in [3.05, 3.63) is 46.6 Å². The van der Waals surface area contributed by atoms with E-state index in [1.165, 1.54) is 6.92 Å². The Kier molecular flexibility index (Phi) is 4.16. The summed E-state index contributed by atoms with van der Waals surface area (Å²) in [5.41, 5.74) is 3.04. The van der Waals surface area contributed by atoms with Crippen LogP contribution in [0.1, 0.15) is 12.5 Å². The average molecular weight is 320 g/mol. The number of nitrogens with one attached hydrogen (secondary N) is 2. The number of hydrogen-bond acceptors (Lipinski definition) is 3. The molecule has 4 nitrogen and oxygen atoms in total. The number of carbonyl (C=O) groups excluding carboxylic acids is 1. The van der Waals surface area contributed by atoms with Crippen molar-refractivity contribution < 1.29 is 4.79 Å². The smallest absolute Gasteiger partial charge is 0.222 e. The third-order valence-electron chi connectivity index (χ3n) is 2.54. The molecule has 0 saturated carbocycles. The molecule has 0 atom stereocenters. The number of hydrogen-bond donors (Lipinski definition) is 2. The molecule has 0 spiro atoms. The Balaban J connectivity index is 2.13. The molecule has 0 aliphatic heterocycles. The van der Waals surface area contributed by atoms with Crippen LogP contribution in [0.5, 0.6) is 0 Å². The Morgan fingerprint density at radius 2 is 2.05 bits per heavy atom. The van der Waals surface area contributed by atoms with E-state index in [1.54, 1.807) is 12.3 Å². The summed E-state index contributed by atoms with van der Waals surface area (Å²) in [5, 5.41) is 5.91. The number of pyridine rings is 1. The van der Waals surface area contributed by atoms with E-state index in [9.17, 15) is 4.79 Å². The summed E-state index contributed by atoms with van der Waals surface area (Å²) in [5.74, 6) is 0.419. The van der Waals surface area contributed by atoms with Crippen molar-refractivity contribution in [2.24, 2.45) is 0 Å². The van der Waals surface area contributed by atoms with Crippen LogP contribution in [0.2, 0.25) is 0 Å². The number of amides is 1. The van der Waals surface area contributed by atoms with Gasteiger partial charge in [0.05, 0.1) is 11.9 Å². The van der Waals surface area contributed by atoms with Gasteiger partial charge >= 0.3 is 0 Å². The van der Waals surface area contributed by atoms with Crippen LogP contribution >= 0.6 is 15.9 Å². The standard InChI is InChI=1S/C14H14BrN3O/c1-9-7-11(15)3-5-13(9)18-12-4-6-14(16-8-12)17-10(2)19/h3-8,18H,1-2H3,(H,16,17,19). The van der Waals surface area contributed by atoms with Gasteiger partial charge in [-0.25, -0.2) is 4.98 Å². The monoisotopic (exact) mass is 319 g/mol. The van der Waals surface area contributed by atoms with E-state index >= 15 is 0 Å². The van der Waals surface area contributed by atoms with Gasteiger partial charge in [-0.2, -0.15) is 0 Å². The van der Waals surface area contributed by atoms with Crippen LogP contribution in [0, 0.1) is 6.92 Å². The second kappa shape index (κ2) is 5.84. The summed E-state index contributed by atoms with van der Waals surface area (Å²) < 4.78 is 1.05. The van der Waals surface area contributed by atoms with E-state index in [0.29, 0.717) is 5.82 Å². The molecule has 1 amide bonds. The minimum atomic E-state index is -0.128. The van der Waals surface area contributed by atoms with Gasteiger partial charge in [0, 0.05) is 17.1 Å². The van der Waals surface area contributed by atoms with Gasteiger partial charge in [0.15, 0.2) is 0 Å². The van der Waals surface area contributed by atoms with E-state index in [0.717, 1.165) is 21.4 Å². The second-order valence-electron chi connectivity index (χ2n) is 4.20. The van der Waals surface area contributed by atoms with Gasteiger partial charge < -0.3 is 10.6 Å². The van der Waals surface area contributed by atoms with Crippen molar-refractivity contribution >= 4 is 39.0 Å². The molecule has 0 fully saturated rings. The summed E-state index contributed by atoms with van der Waals surface area (Å²) in [6.07, 6.45) is 1.69. The van der Waals surface area contributed by atoms with Gasteiger partial charge in [0.2, 0.25) is 5.91 Å². The Labute approximate surface area is 120 Å². The molecule has 2 aromatic rings. The Morgan fingerprint density at radius 3 is 2.63 bits per heavy atom. The lowest BCUT2D eigenvalue weighted by Crippen LogP contribution is -2.07. The average Bonchev–Trinajstić information content (AvgIpc) is 2.34. The quantitative estimate of drug-likeness (QED) is 0.903. The van der Waals surface area contributed by atoms with Crippen molar-refractivity contribution in [1.29, 1.82) is 0 Å². The minimum absolute atomic E-state index is 0.128. The molecular formula is C14H14BrN3O. The zero-order valence-electron chi connectivity index (χ0n) is 10.7. The topological polar surface area (TPSA) is 54.0 Å². The van der Waals surface area contributed by atoms with E-state index in [-0.39, 0.29) is 5.91 Å². The first-order valence-corrected chi connectivity index (χ1v) is 6.61. The number of aromatic nitrogens is 1. The van der Waals surface area contributed by atoms with E-state index in [2.05, 4.69) is 31.5 Å². The summed E-state index contributed by atoms with van der Waals surface area (Å²) >= 11 is 3.43. The van der Waals surface area contributed by atoms with Crippen molar-refractivity contribution in [3.63, 3.8) is 0 Å². The molecule has 2 rings (SSSR count). The first kappa shape index (κ1) is 13.5. The fourth-order valence-corrected chi connectivity index (χ4v) is 2.12. The SMILES string of the molecule is CC(=O)Nc1ccc(Nc2ccc(Br)cc2C)cn1. The van der Waals surface area contributed by atoms with Gasteiger partial charge in [-0.15, -0.1) is 0 Å². The zero-order valence-corrected chi connectivity index (χ0v) is 12.3. The molecule has 0 unspecified atom stereocenters. The molecule has 1 aromatic carbocycles. The van der Waals surface area contributed by atoms with E-state index in [1.807, 2.05) is 31.2 Å². The molecule has 0 bridgehead atoms. The summed E-state index contributed by atoms with van der Waals surface area (Å²) in [6, 6.07) is 9.66. The lowest BCUT2D eigenvalue weighted by molar-refractivity contribution is -0.114. The number of rotatable bonds is 3. The molecule has 98 valence electrons. The lowest BCUT2D eigenvalue weighted by Gasteiger charge is -2.10. The van der Waals surface area contributed by atoms with Crippen LogP contribution in [-0.4, -0.2) is 10.9 Å². The Hall–Kier alpha value is -1.88. The maximum absolute atomic E-state index is 10.9. The molecule has 0 aliphatic carbocycles. The third kappa shape index (κ3) is 3.79. The highest BCUT2D eigenvalue weighted by atomic mass is 79.9. The molecule has 19 heavy (non-hydrogen) atoms. The number of halogens is 1. The van der Waals surface area contributed by atoms with Crippen LogP contribution < -0.4 is 10.6 Å². The van der Waals surface area contributed by atoms with Gasteiger partial charge in [-0.1, -0.05) is 15.9 Å².